The highest BCUT2D eigenvalue weighted by Crippen LogP contribution is 2.09. The maximum atomic E-state index is 12.1. The summed E-state index contributed by atoms with van der Waals surface area (Å²) in [5, 5.41) is 6.13. The molecule has 5 heteroatoms. The molecule has 2 heterocycles. The van der Waals surface area contributed by atoms with Gasteiger partial charge in [0.25, 0.3) is 5.91 Å². The van der Waals surface area contributed by atoms with Crippen molar-refractivity contribution in [3.05, 3.63) is 90.0 Å². The minimum atomic E-state index is -0.181. The van der Waals surface area contributed by atoms with E-state index in [1.54, 1.807) is 24.7 Å². The van der Waals surface area contributed by atoms with Crippen molar-refractivity contribution in [2.24, 2.45) is 0 Å². The van der Waals surface area contributed by atoms with Gasteiger partial charge in [0.05, 0.1) is 11.9 Å². The predicted octanol–water partition coefficient (Wildman–Crippen LogP) is 3.02. The lowest BCUT2D eigenvalue weighted by atomic mass is 10.2. The SMILES string of the molecule is O=C(NCc1ccccc1)c1ccc(NCc2ccncc2)cn1. The van der Waals surface area contributed by atoms with Crippen molar-refractivity contribution >= 4 is 11.6 Å². The summed E-state index contributed by atoms with van der Waals surface area (Å²) in [7, 11) is 0. The Bertz CT molecular complexity index is 773. The number of nitrogens with one attached hydrogen (secondary N) is 2. The molecule has 0 aliphatic heterocycles. The Morgan fingerprint density at radius 2 is 1.62 bits per heavy atom. The normalized spacial score (nSPS) is 10.2. The zero-order chi connectivity index (χ0) is 16.6. The van der Waals surface area contributed by atoms with Gasteiger partial charge in [-0.1, -0.05) is 30.3 Å². The summed E-state index contributed by atoms with van der Waals surface area (Å²) in [6, 6.07) is 17.3. The van der Waals surface area contributed by atoms with E-state index in [9.17, 15) is 4.79 Å². The van der Waals surface area contributed by atoms with Gasteiger partial charge in [-0.3, -0.25) is 9.78 Å². The fourth-order valence-electron chi connectivity index (χ4n) is 2.21. The Kier molecular flexibility index (Phi) is 5.14. The summed E-state index contributed by atoms with van der Waals surface area (Å²) in [6.45, 7) is 1.17. The zero-order valence-corrected chi connectivity index (χ0v) is 13.1. The van der Waals surface area contributed by atoms with Gasteiger partial charge in [-0.2, -0.15) is 0 Å². The standard InChI is InChI=1S/C19H18N4O/c24-19(23-13-15-4-2-1-3-5-15)18-7-6-17(14-22-18)21-12-16-8-10-20-11-9-16/h1-11,14,21H,12-13H2,(H,23,24). The molecule has 0 atom stereocenters. The van der Waals surface area contributed by atoms with Crippen molar-refractivity contribution in [1.29, 1.82) is 0 Å². The minimum absolute atomic E-state index is 0.181. The van der Waals surface area contributed by atoms with Gasteiger partial charge in [0.2, 0.25) is 0 Å². The summed E-state index contributed by atoms with van der Waals surface area (Å²) in [5.41, 5.74) is 3.46. The molecule has 0 unspecified atom stereocenters. The van der Waals surface area contributed by atoms with Gasteiger partial charge in [0.15, 0.2) is 0 Å². The van der Waals surface area contributed by atoms with Crippen LogP contribution in [-0.2, 0) is 13.1 Å². The van der Waals surface area contributed by atoms with E-state index < -0.39 is 0 Å². The zero-order valence-electron chi connectivity index (χ0n) is 13.1. The Balaban J connectivity index is 1.53. The van der Waals surface area contributed by atoms with E-state index in [1.807, 2.05) is 48.5 Å². The highest BCUT2D eigenvalue weighted by atomic mass is 16.1. The van der Waals surface area contributed by atoms with E-state index in [-0.39, 0.29) is 5.91 Å². The first-order valence-corrected chi connectivity index (χ1v) is 7.72. The summed E-state index contributed by atoms with van der Waals surface area (Å²) < 4.78 is 0. The van der Waals surface area contributed by atoms with Gasteiger partial charge in [-0.25, -0.2) is 4.98 Å². The van der Waals surface area contributed by atoms with Crippen molar-refractivity contribution in [3.63, 3.8) is 0 Å². The Hall–Kier alpha value is -3.21. The number of carbonyl (C=O) groups is 1. The van der Waals surface area contributed by atoms with Gasteiger partial charge in [0.1, 0.15) is 5.69 Å². The third-order valence-electron chi connectivity index (χ3n) is 3.54. The first-order chi connectivity index (χ1) is 11.8. The smallest absolute Gasteiger partial charge is 0.270 e. The number of aromatic nitrogens is 2. The van der Waals surface area contributed by atoms with Crippen molar-refractivity contribution in [2.75, 3.05) is 5.32 Å². The average Bonchev–Trinajstić information content (AvgIpc) is 2.66. The topological polar surface area (TPSA) is 66.9 Å². The quantitative estimate of drug-likeness (QED) is 0.733. The van der Waals surface area contributed by atoms with Crippen LogP contribution in [0.3, 0.4) is 0 Å². The summed E-state index contributed by atoms with van der Waals surface area (Å²) in [5.74, 6) is -0.181. The van der Waals surface area contributed by atoms with Gasteiger partial charge in [-0.05, 0) is 35.4 Å². The number of carbonyl (C=O) groups excluding carboxylic acids is 1. The van der Waals surface area contributed by atoms with Gasteiger partial charge in [-0.15, -0.1) is 0 Å². The third kappa shape index (κ3) is 4.39. The number of rotatable bonds is 6. The van der Waals surface area contributed by atoms with E-state index in [1.165, 1.54) is 0 Å². The van der Waals surface area contributed by atoms with Gasteiger partial charge < -0.3 is 10.6 Å². The Morgan fingerprint density at radius 1 is 0.875 bits per heavy atom. The average molecular weight is 318 g/mol. The van der Waals surface area contributed by atoms with Gasteiger partial charge >= 0.3 is 0 Å². The van der Waals surface area contributed by atoms with E-state index in [0.29, 0.717) is 18.8 Å². The van der Waals surface area contributed by atoms with Crippen LogP contribution in [0.2, 0.25) is 0 Å². The maximum Gasteiger partial charge on any atom is 0.270 e. The molecule has 0 aliphatic carbocycles. The minimum Gasteiger partial charge on any atom is -0.380 e. The fourth-order valence-corrected chi connectivity index (χ4v) is 2.21. The van der Waals surface area contributed by atoms with E-state index in [0.717, 1.165) is 16.8 Å². The highest BCUT2D eigenvalue weighted by Gasteiger charge is 2.06. The van der Waals surface area contributed by atoms with E-state index >= 15 is 0 Å². The molecule has 0 saturated carbocycles. The van der Waals surface area contributed by atoms with Gasteiger partial charge in [0, 0.05) is 25.5 Å². The van der Waals surface area contributed by atoms with Crippen molar-refractivity contribution < 1.29 is 4.79 Å². The molecule has 3 aromatic rings. The molecule has 0 saturated heterocycles. The van der Waals surface area contributed by atoms with Crippen LogP contribution in [0.4, 0.5) is 5.69 Å². The van der Waals surface area contributed by atoms with Crippen molar-refractivity contribution in [3.8, 4) is 0 Å². The fraction of sp³-hybridized carbons (Fsp3) is 0.105. The molecule has 1 amide bonds. The second-order valence-corrected chi connectivity index (χ2v) is 5.31. The molecule has 1 aromatic carbocycles. The number of hydrogen-bond acceptors (Lipinski definition) is 4. The largest absolute Gasteiger partial charge is 0.380 e. The van der Waals surface area contributed by atoms with E-state index in [2.05, 4.69) is 20.6 Å². The molecule has 2 aromatic heterocycles. The second-order valence-electron chi connectivity index (χ2n) is 5.31. The highest BCUT2D eigenvalue weighted by molar-refractivity contribution is 5.92. The van der Waals surface area contributed by atoms with Crippen LogP contribution < -0.4 is 10.6 Å². The molecule has 0 spiro atoms. The molecule has 5 nitrogen and oxygen atoms in total. The van der Waals surface area contributed by atoms with Crippen LogP contribution in [-0.4, -0.2) is 15.9 Å². The Labute approximate surface area is 140 Å². The lowest BCUT2D eigenvalue weighted by Crippen LogP contribution is -2.23. The molecule has 24 heavy (non-hydrogen) atoms. The molecule has 120 valence electrons. The molecule has 3 rings (SSSR count). The number of amides is 1. The molecule has 2 N–H and O–H groups in total. The number of nitrogens with zero attached hydrogens (tertiary/aromatic N) is 2. The van der Waals surface area contributed by atoms with Crippen molar-refractivity contribution in [1.82, 2.24) is 15.3 Å². The third-order valence-corrected chi connectivity index (χ3v) is 3.54. The number of pyridine rings is 2. The van der Waals surface area contributed by atoms with Crippen LogP contribution in [0, 0.1) is 0 Å². The lowest BCUT2D eigenvalue weighted by Gasteiger charge is -2.08. The van der Waals surface area contributed by atoms with Crippen LogP contribution >= 0.6 is 0 Å². The summed E-state index contributed by atoms with van der Waals surface area (Å²) in [4.78, 5) is 20.3. The van der Waals surface area contributed by atoms with Crippen molar-refractivity contribution in [2.45, 2.75) is 13.1 Å². The molecular weight excluding hydrogens is 300 g/mol. The molecule has 0 radical (unpaired) electrons. The first-order valence-electron chi connectivity index (χ1n) is 7.72. The molecular formula is C19H18N4O. The lowest BCUT2D eigenvalue weighted by molar-refractivity contribution is 0.0946. The summed E-state index contributed by atoms with van der Waals surface area (Å²) >= 11 is 0. The van der Waals surface area contributed by atoms with Crippen LogP contribution in [0.25, 0.3) is 0 Å². The monoisotopic (exact) mass is 318 g/mol. The van der Waals surface area contributed by atoms with E-state index in [4.69, 9.17) is 0 Å². The first kappa shape index (κ1) is 15.7. The van der Waals surface area contributed by atoms with Crippen LogP contribution in [0.1, 0.15) is 21.6 Å². The number of benzene rings is 1. The summed E-state index contributed by atoms with van der Waals surface area (Å²) in [6.07, 6.45) is 5.18. The molecule has 0 bridgehead atoms. The number of hydrogen-bond donors (Lipinski definition) is 2. The second kappa shape index (κ2) is 7.87. The van der Waals surface area contributed by atoms with Crippen LogP contribution in [0.5, 0.6) is 0 Å². The number of anilines is 1. The maximum absolute atomic E-state index is 12.1. The van der Waals surface area contributed by atoms with Crippen LogP contribution in [0.15, 0.2) is 73.2 Å². The predicted molar refractivity (Wildman–Crippen MR) is 93.4 cm³/mol. The molecule has 0 fully saturated rings. The molecule has 0 aliphatic rings. The Morgan fingerprint density at radius 3 is 2.33 bits per heavy atom.